The highest BCUT2D eigenvalue weighted by atomic mass is 16.5. The fourth-order valence-electron chi connectivity index (χ4n) is 3.83. The number of ether oxygens (including phenoxy) is 1. The first-order valence-corrected chi connectivity index (χ1v) is 9.86. The van der Waals surface area contributed by atoms with E-state index >= 15 is 0 Å². The average molecular weight is 402 g/mol. The third kappa shape index (κ3) is 4.03. The van der Waals surface area contributed by atoms with Crippen molar-refractivity contribution in [2.75, 3.05) is 16.8 Å². The summed E-state index contributed by atoms with van der Waals surface area (Å²) >= 11 is 0. The molecule has 1 heterocycles. The van der Waals surface area contributed by atoms with Crippen molar-refractivity contribution < 1.29 is 19.1 Å². The van der Waals surface area contributed by atoms with Gasteiger partial charge in [0, 0.05) is 12.5 Å². The lowest BCUT2D eigenvalue weighted by Crippen LogP contribution is -2.41. The Morgan fingerprint density at radius 3 is 2.63 bits per heavy atom. The number of nitrogens with one attached hydrogen (secondary N) is 1. The molecule has 30 heavy (non-hydrogen) atoms. The van der Waals surface area contributed by atoms with Gasteiger partial charge in [0.05, 0.1) is 17.8 Å². The predicted molar refractivity (Wildman–Crippen MR) is 115 cm³/mol. The Labute approximate surface area is 174 Å². The van der Waals surface area contributed by atoms with Crippen molar-refractivity contribution in [3.63, 3.8) is 0 Å². The van der Waals surface area contributed by atoms with Gasteiger partial charge in [-0.2, -0.15) is 0 Å². The summed E-state index contributed by atoms with van der Waals surface area (Å²) in [4.78, 5) is 38.9. The summed E-state index contributed by atoms with van der Waals surface area (Å²) in [5.74, 6) is -0.986. The summed E-state index contributed by atoms with van der Waals surface area (Å²) < 4.78 is 5.31. The van der Waals surface area contributed by atoms with E-state index in [1.54, 1.807) is 31.2 Å². The molecule has 0 fully saturated rings. The Morgan fingerprint density at radius 1 is 1.03 bits per heavy atom. The molecule has 6 nitrogen and oxygen atoms in total. The molecule has 2 amide bonds. The maximum Gasteiger partial charge on any atom is 0.310 e. The molecule has 3 aromatic carbocycles. The fourth-order valence-corrected chi connectivity index (χ4v) is 3.83. The van der Waals surface area contributed by atoms with Crippen LogP contribution in [0.1, 0.15) is 18.9 Å². The van der Waals surface area contributed by atoms with Gasteiger partial charge in [0.2, 0.25) is 5.91 Å². The Hall–Kier alpha value is -3.67. The van der Waals surface area contributed by atoms with Crippen molar-refractivity contribution in [1.82, 2.24) is 0 Å². The molecule has 0 radical (unpaired) electrons. The van der Waals surface area contributed by atoms with Crippen molar-refractivity contribution in [2.24, 2.45) is 0 Å². The standard InChI is InChI=1S/C24H22N2O4/c1-16-13-22(27)25-20-11-4-5-12-21(20)26(16)23(28)15-30-24(29)14-18-9-6-8-17-7-2-3-10-19(17)18/h2-12,16H,13-15H2,1H3,(H,25,27)/t16-/m1/s1. The molecule has 0 saturated carbocycles. The van der Waals surface area contributed by atoms with Crippen molar-refractivity contribution in [3.05, 3.63) is 72.3 Å². The molecule has 1 aliphatic rings. The molecule has 0 saturated heterocycles. The SMILES string of the molecule is C[C@@H]1CC(=O)Nc2ccccc2N1C(=O)COC(=O)Cc1cccc2ccccc12. The molecule has 3 aromatic rings. The number of fused-ring (bicyclic) bond motifs is 2. The van der Waals surface area contributed by atoms with E-state index in [0.29, 0.717) is 11.4 Å². The summed E-state index contributed by atoms with van der Waals surface area (Å²) in [6, 6.07) is 20.4. The van der Waals surface area contributed by atoms with Gasteiger partial charge in [-0.25, -0.2) is 0 Å². The molecular formula is C24H22N2O4. The number of esters is 1. The number of carbonyl (C=O) groups excluding carboxylic acids is 3. The number of hydrogen-bond donors (Lipinski definition) is 1. The van der Waals surface area contributed by atoms with Crippen LogP contribution in [-0.4, -0.2) is 30.4 Å². The van der Waals surface area contributed by atoms with Crippen LogP contribution >= 0.6 is 0 Å². The van der Waals surface area contributed by atoms with Gasteiger partial charge in [0.25, 0.3) is 5.91 Å². The Morgan fingerprint density at radius 2 is 1.77 bits per heavy atom. The molecule has 0 bridgehead atoms. The predicted octanol–water partition coefficient (Wildman–Crippen LogP) is 3.69. The van der Waals surface area contributed by atoms with Gasteiger partial charge in [-0.05, 0) is 35.4 Å². The number of rotatable bonds is 4. The number of para-hydroxylation sites is 2. The van der Waals surface area contributed by atoms with Crippen LogP contribution in [0.3, 0.4) is 0 Å². The maximum atomic E-state index is 12.9. The molecule has 0 spiro atoms. The van der Waals surface area contributed by atoms with Crippen LogP contribution in [0.5, 0.6) is 0 Å². The number of nitrogens with zero attached hydrogens (tertiary/aromatic N) is 1. The quantitative estimate of drug-likeness (QED) is 0.676. The van der Waals surface area contributed by atoms with Crippen LogP contribution < -0.4 is 10.2 Å². The third-order valence-corrected chi connectivity index (χ3v) is 5.20. The molecule has 0 aromatic heterocycles. The summed E-state index contributed by atoms with van der Waals surface area (Å²) in [5, 5.41) is 4.85. The fraction of sp³-hybridized carbons (Fsp3) is 0.208. The van der Waals surface area contributed by atoms with Gasteiger partial charge in [-0.15, -0.1) is 0 Å². The van der Waals surface area contributed by atoms with Gasteiger partial charge in [-0.1, -0.05) is 54.6 Å². The van der Waals surface area contributed by atoms with E-state index in [1.165, 1.54) is 4.90 Å². The molecule has 0 aliphatic carbocycles. The molecular weight excluding hydrogens is 380 g/mol. The highest BCUT2D eigenvalue weighted by Crippen LogP contribution is 2.31. The number of amides is 2. The van der Waals surface area contributed by atoms with E-state index in [2.05, 4.69) is 5.32 Å². The topological polar surface area (TPSA) is 75.7 Å². The van der Waals surface area contributed by atoms with Crippen LogP contribution in [0, 0.1) is 0 Å². The van der Waals surface area contributed by atoms with E-state index < -0.39 is 5.97 Å². The van der Waals surface area contributed by atoms with Gasteiger partial charge >= 0.3 is 5.97 Å². The van der Waals surface area contributed by atoms with Crippen LogP contribution in [0.25, 0.3) is 10.8 Å². The lowest BCUT2D eigenvalue weighted by molar-refractivity contribution is -0.147. The third-order valence-electron chi connectivity index (χ3n) is 5.20. The minimum Gasteiger partial charge on any atom is -0.455 e. The van der Waals surface area contributed by atoms with E-state index in [0.717, 1.165) is 16.3 Å². The molecule has 152 valence electrons. The number of carbonyl (C=O) groups is 3. The van der Waals surface area contributed by atoms with E-state index in [1.807, 2.05) is 42.5 Å². The van der Waals surface area contributed by atoms with Crippen LogP contribution in [0.2, 0.25) is 0 Å². The van der Waals surface area contributed by atoms with Crippen molar-refractivity contribution in [3.8, 4) is 0 Å². The Bertz CT molecular complexity index is 1120. The maximum absolute atomic E-state index is 12.9. The van der Waals surface area contributed by atoms with Crippen molar-refractivity contribution in [1.29, 1.82) is 0 Å². The molecule has 6 heteroatoms. The first kappa shape index (κ1) is 19.6. The average Bonchev–Trinajstić information content (AvgIpc) is 2.86. The van der Waals surface area contributed by atoms with E-state index in [4.69, 9.17) is 4.74 Å². The summed E-state index contributed by atoms with van der Waals surface area (Å²) in [5.41, 5.74) is 2.03. The minimum atomic E-state index is -0.468. The normalized spacial score (nSPS) is 15.8. The van der Waals surface area contributed by atoms with Gasteiger partial charge in [0.1, 0.15) is 0 Å². The Balaban J connectivity index is 1.46. The Kier molecular flexibility index (Phi) is 5.48. The second-order valence-corrected chi connectivity index (χ2v) is 7.36. The smallest absolute Gasteiger partial charge is 0.310 e. The van der Waals surface area contributed by atoms with Crippen molar-refractivity contribution in [2.45, 2.75) is 25.8 Å². The lowest BCUT2D eigenvalue weighted by atomic mass is 10.0. The molecule has 0 unspecified atom stereocenters. The minimum absolute atomic E-state index is 0.0841. The zero-order valence-electron chi connectivity index (χ0n) is 16.6. The second-order valence-electron chi connectivity index (χ2n) is 7.36. The van der Waals surface area contributed by atoms with E-state index in [9.17, 15) is 14.4 Å². The zero-order chi connectivity index (χ0) is 21.1. The van der Waals surface area contributed by atoms with Crippen LogP contribution in [0.15, 0.2) is 66.7 Å². The molecule has 4 rings (SSSR count). The first-order valence-electron chi connectivity index (χ1n) is 9.86. The van der Waals surface area contributed by atoms with E-state index in [-0.39, 0.29) is 37.3 Å². The molecule has 1 aliphatic heterocycles. The number of hydrogen-bond acceptors (Lipinski definition) is 4. The van der Waals surface area contributed by atoms with Crippen LogP contribution in [-0.2, 0) is 25.5 Å². The summed E-state index contributed by atoms with van der Waals surface area (Å²) in [7, 11) is 0. The first-order chi connectivity index (χ1) is 14.5. The summed E-state index contributed by atoms with van der Waals surface area (Å²) in [6.45, 7) is 1.42. The van der Waals surface area contributed by atoms with Gasteiger partial charge < -0.3 is 15.0 Å². The van der Waals surface area contributed by atoms with Crippen molar-refractivity contribution >= 4 is 39.9 Å². The largest absolute Gasteiger partial charge is 0.455 e. The summed E-state index contributed by atoms with van der Waals surface area (Å²) in [6.07, 6.45) is 0.255. The molecule has 1 N–H and O–H groups in total. The molecule has 1 atom stereocenters. The number of anilines is 2. The lowest BCUT2D eigenvalue weighted by Gasteiger charge is -2.27. The monoisotopic (exact) mass is 402 g/mol. The van der Waals surface area contributed by atoms with Gasteiger partial charge in [0.15, 0.2) is 6.61 Å². The highest BCUT2D eigenvalue weighted by Gasteiger charge is 2.30. The number of benzene rings is 3. The van der Waals surface area contributed by atoms with Crippen LogP contribution in [0.4, 0.5) is 11.4 Å². The highest BCUT2D eigenvalue weighted by molar-refractivity contribution is 6.05. The van der Waals surface area contributed by atoms with Gasteiger partial charge in [-0.3, -0.25) is 14.4 Å². The zero-order valence-corrected chi connectivity index (χ0v) is 16.6. The second kappa shape index (κ2) is 8.37.